The summed E-state index contributed by atoms with van der Waals surface area (Å²) < 4.78 is 0.864. The molecular formula is C12H6Cl2NO. The zero-order chi connectivity index (χ0) is 11.3. The predicted octanol–water partition coefficient (Wildman–Crippen LogP) is 4.29. The summed E-state index contributed by atoms with van der Waals surface area (Å²) >= 11 is 11.7. The number of aromatic nitrogens is 1. The van der Waals surface area contributed by atoms with Crippen LogP contribution < -0.4 is 0 Å². The van der Waals surface area contributed by atoms with Crippen LogP contribution in [0.1, 0.15) is 0 Å². The van der Waals surface area contributed by atoms with Crippen molar-refractivity contribution >= 4 is 45.0 Å². The molecule has 0 N–H and O–H groups in total. The van der Waals surface area contributed by atoms with Crippen LogP contribution in [0, 0.1) is 0 Å². The van der Waals surface area contributed by atoms with Crippen molar-refractivity contribution in [2.75, 3.05) is 0 Å². The molecule has 0 amide bonds. The van der Waals surface area contributed by atoms with Crippen molar-refractivity contribution in [1.82, 2.24) is 4.73 Å². The van der Waals surface area contributed by atoms with E-state index in [-0.39, 0.29) is 0 Å². The van der Waals surface area contributed by atoms with E-state index >= 15 is 0 Å². The van der Waals surface area contributed by atoms with E-state index in [0.717, 1.165) is 15.5 Å². The third-order valence-electron chi connectivity index (χ3n) is 2.65. The van der Waals surface area contributed by atoms with Crippen molar-refractivity contribution in [2.24, 2.45) is 0 Å². The van der Waals surface area contributed by atoms with E-state index < -0.39 is 0 Å². The largest absolute Gasteiger partial charge is 0.165 e. The van der Waals surface area contributed by atoms with E-state index in [4.69, 9.17) is 23.2 Å². The minimum atomic E-state index is 0.554. The second kappa shape index (κ2) is 3.30. The fourth-order valence-electron chi connectivity index (χ4n) is 1.93. The van der Waals surface area contributed by atoms with E-state index in [1.165, 1.54) is 0 Å². The highest BCUT2D eigenvalue weighted by Gasteiger charge is 2.11. The average molecular weight is 251 g/mol. The second-order valence-electron chi connectivity index (χ2n) is 3.62. The van der Waals surface area contributed by atoms with Gasteiger partial charge in [-0.1, -0.05) is 35.3 Å². The predicted molar refractivity (Wildman–Crippen MR) is 65.5 cm³/mol. The molecule has 1 aromatic heterocycles. The highest BCUT2D eigenvalue weighted by molar-refractivity contribution is 6.32. The van der Waals surface area contributed by atoms with Crippen molar-refractivity contribution in [3.8, 4) is 0 Å². The summed E-state index contributed by atoms with van der Waals surface area (Å²) in [7, 11) is 0. The fraction of sp³-hybridized carbons (Fsp3) is 0. The molecule has 0 spiro atoms. The molecule has 0 aliphatic rings. The van der Waals surface area contributed by atoms with Crippen LogP contribution in [-0.4, -0.2) is 4.73 Å². The summed E-state index contributed by atoms with van der Waals surface area (Å²) in [6.07, 6.45) is 0. The van der Waals surface area contributed by atoms with Crippen molar-refractivity contribution in [3.05, 3.63) is 46.4 Å². The number of rotatable bonds is 0. The number of hydrogen-bond acceptors (Lipinski definition) is 0. The summed E-state index contributed by atoms with van der Waals surface area (Å²) in [4.78, 5) is 0. The van der Waals surface area contributed by atoms with E-state index in [9.17, 15) is 5.21 Å². The Bertz CT molecular complexity index is 644. The standard InChI is InChI=1S/C12H6Cl2NO/c13-7-1-3-9-10-4-2-8(14)6-12(10)15(16)11(9)5-7/h1-6H. The number of halogens is 2. The van der Waals surface area contributed by atoms with Gasteiger partial charge in [-0.2, -0.15) is 5.21 Å². The van der Waals surface area contributed by atoms with Gasteiger partial charge in [0, 0.05) is 20.8 Å². The Morgan fingerprint density at radius 1 is 0.812 bits per heavy atom. The van der Waals surface area contributed by atoms with Crippen LogP contribution in [0.3, 0.4) is 0 Å². The molecule has 16 heavy (non-hydrogen) atoms. The second-order valence-corrected chi connectivity index (χ2v) is 4.49. The molecule has 0 atom stereocenters. The normalized spacial score (nSPS) is 11.4. The van der Waals surface area contributed by atoms with E-state index in [2.05, 4.69) is 0 Å². The van der Waals surface area contributed by atoms with Gasteiger partial charge in [0.25, 0.3) is 0 Å². The lowest BCUT2D eigenvalue weighted by Crippen LogP contribution is -1.85. The van der Waals surface area contributed by atoms with Gasteiger partial charge in [-0.3, -0.25) is 0 Å². The Morgan fingerprint density at radius 2 is 1.25 bits per heavy atom. The van der Waals surface area contributed by atoms with Crippen LogP contribution >= 0.6 is 23.2 Å². The van der Waals surface area contributed by atoms with E-state index in [0.29, 0.717) is 21.1 Å². The van der Waals surface area contributed by atoms with Gasteiger partial charge in [0.15, 0.2) is 0 Å². The van der Waals surface area contributed by atoms with Gasteiger partial charge in [0.1, 0.15) is 0 Å². The van der Waals surface area contributed by atoms with Crippen LogP contribution in [0.2, 0.25) is 10.0 Å². The molecule has 0 saturated heterocycles. The van der Waals surface area contributed by atoms with E-state index in [1.54, 1.807) is 24.3 Å². The molecule has 1 heterocycles. The maximum atomic E-state index is 12.0. The van der Waals surface area contributed by atoms with Crippen LogP contribution in [0.25, 0.3) is 21.8 Å². The zero-order valence-electron chi connectivity index (χ0n) is 8.08. The first-order valence-electron chi connectivity index (χ1n) is 4.73. The lowest BCUT2D eigenvalue weighted by molar-refractivity contribution is 0.114. The Kier molecular flexibility index (Phi) is 2.03. The van der Waals surface area contributed by atoms with Gasteiger partial charge in [0.05, 0.1) is 11.0 Å². The molecule has 0 unspecified atom stereocenters. The molecule has 0 saturated carbocycles. The summed E-state index contributed by atoms with van der Waals surface area (Å²) in [6, 6.07) is 10.6. The SMILES string of the molecule is [O]n1c2cc(Cl)ccc2c2ccc(Cl)cc21. The third-order valence-corrected chi connectivity index (χ3v) is 3.12. The van der Waals surface area contributed by atoms with Crippen molar-refractivity contribution in [3.63, 3.8) is 0 Å². The summed E-state index contributed by atoms with van der Waals surface area (Å²) in [5.74, 6) is 0. The summed E-state index contributed by atoms with van der Waals surface area (Å²) in [6.45, 7) is 0. The highest BCUT2D eigenvalue weighted by atomic mass is 35.5. The first-order valence-corrected chi connectivity index (χ1v) is 5.49. The van der Waals surface area contributed by atoms with Gasteiger partial charge in [-0.15, -0.1) is 4.73 Å². The molecule has 0 bridgehead atoms. The van der Waals surface area contributed by atoms with Gasteiger partial charge in [0.2, 0.25) is 0 Å². The van der Waals surface area contributed by atoms with Gasteiger partial charge < -0.3 is 0 Å². The minimum absolute atomic E-state index is 0.554. The Balaban J connectivity index is 2.59. The summed E-state index contributed by atoms with van der Waals surface area (Å²) in [5.41, 5.74) is 1.15. The smallest absolute Gasteiger partial charge is 0.0944 e. The van der Waals surface area contributed by atoms with Crippen LogP contribution in [0.4, 0.5) is 0 Å². The van der Waals surface area contributed by atoms with Crippen molar-refractivity contribution in [2.45, 2.75) is 0 Å². The highest BCUT2D eigenvalue weighted by Crippen LogP contribution is 2.31. The summed E-state index contributed by atoms with van der Waals surface area (Å²) in [5, 5.41) is 14.9. The Labute approximate surface area is 102 Å². The molecule has 0 fully saturated rings. The zero-order valence-corrected chi connectivity index (χ0v) is 9.59. The molecule has 1 radical (unpaired) electrons. The first kappa shape index (κ1) is 9.82. The van der Waals surface area contributed by atoms with Gasteiger partial charge in [-0.05, 0) is 24.3 Å². The molecule has 79 valence electrons. The molecule has 2 nitrogen and oxygen atoms in total. The lowest BCUT2D eigenvalue weighted by atomic mass is 10.1. The first-order chi connectivity index (χ1) is 7.66. The molecule has 0 aliphatic carbocycles. The molecule has 3 aromatic rings. The maximum Gasteiger partial charge on any atom is 0.0944 e. The van der Waals surface area contributed by atoms with Crippen LogP contribution in [0.15, 0.2) is 36.4 Å². The number of fused-ring (bicyclic) bond motifs is 3. The lowest BCUT2D eigenvalue weighted by Gasteiger charge is -1.92. The van der Waals surface area contributed by atoms with Gasteiger partial charge >= 0.3 is 0 Å². The van der Waals surface area contributed by atoms with Crippen molar-refractivity contribution < 1.29 is 5.21 Å². The van der Waals surface area contributed by atoms with Crippen molar-refractivity contribution in [1.29, 1.82) is 0 Å². The number of hydrogen-bond donors (Lipinski definition) is 0. The topological polar surface area (TPSA) is 24.8 Å². The monoisotopic (exact) mass is 250 g/mol. The molecule has 4 heteroatoms. The molecule has 2 aromatic carbocycles. The molecule has 0 aliphatic heterocycles. The number of benzene rings is 2. The minimum Gasteiger partial charge on any atom is -0.165 e. The van der Waals surface area contributed by atoms with Gasteiger partial charge in [-0.25, -0.2) is 0 Å². The molecule has 3 rings (SSSR count). The van der Waals surface area contributed by atoms with Crippen LogP contribution in [0.5, 0.6) is 0 Å². The maximum absolute atomic E-state index is 12.0. The van der Waals surface area contributed by atoms with E-state index in [1.807, 2.05) is 12.1 Å². The Morgan fingerprint density at radius 3 is 1.69 bits per heavy atom. The fourth-order valence-corrected chi connectivity index (χ4v) is 2.26. The number of nitrogens with zero attached hydrogens (tertiary/aromatic N) is 1. The third kappa shape index (κ3) is 1.27. The Hall–Kier alpha value is -1.38. The quantitative estimate of drug-likeness (QED) is 0.569. The van der Waals surface area contributed by atoms with Crippen LogP contribution in [-0.2, 0) is 5.21 Å². The average Bonchev–Trinajstić information content (AvgIpc) is 2.53. The molecular weight excluding hydrogens is 245 g/mol.